The standard InChI is InChI=1S/C13H18FNO4/c1-3-13(7-16,8-17)15-12(18)9-4-5-10(14)11(6-9)19-2/h4-6,16-17H,3,7-8H2,1-2H3,(H,15,18). The van der Waals surface area contributed by atoms with Gasteiger partial charge in [-0.15, -0.1) is 0 Å². The first-order valence-electron chi connectivity index (χ1n) is 5.89. The summed E-state index contributed by atoms with van der Waals surface area (Å²) in [7, 11) is 1.30. The molecule has 0 radical (unpaired) electrons. The number of halogens is 1. The summed E-state index contributed by atoms with van der Waals surface area (Å²) in [5, 5.41) is 21.1. The average molecular weight is 271 g/mol. The number of nitrogens with one attached hydrogen (secondary N) is 1. The molecule has 1 amide bonds. The Morgan fingerprint density at radius 1 is 1.42 bits per heavy atom. The molecule has 5 nitrogen and oxygen atoms in total. The fourth-order valence-corrected chi connectivity index (χ4v) is 1.56. The molecule has 0 aliphatic rings. The van der Waals surface area contributed by atoms with Crippen molar-refractivity contribution in [3.8, 4) is 5.75 Å². The molecule has 3 N–H and O–H groups in total. The number of methoxy groups -OCH3 is 1. The average Bonchev–Trinajstić information content (AvgIpc) is 2.45. The molecular formula is C13H18FNO4. The Morgan fingerprint density at radius 3 is 2.53 bits per heavy atom. The van der Waals surface area contributed by atoms with Gasteiger partial charge in [-0.1, -0.05) is 6.92 Å². The third-order valence-electron chi connectivity index (χ3n) is 3.07. The van der Waals surface area contributed by atoms with Crippen molar-refractivity contribution in [1.29, 1.82) is 0 Å². The van der Waals surface area contributed by atoms with Crippen molar-refractivity contribution in [1.82, 2.24) is 5.32 Å². The largest absolute Gasteiger partial charge is 0.494 e. The lowest BCUT2D eigenvalue weighted by molar-refractivity contribution is 0.0652. The molecule has 0 fully saturated rings. The molecule has 0 aromatic heterocycles. The van der Waals surface area contributed by atoms with Crippen LogP contribution in [0.25, 0.3) is 0 Å². The van der Waals surface area contributed by atoms with Gasteiger partial charge in [-0.2, -0.15) is 0 Å². The summed E-state index contributed by atoms with van der Waals surface area (Å²) in [5.41, 5.74) is -0.892. The Bertz CT molecular complexity index is 438. The number of aliphatic hydroxyl groups excluding tert-OH is 2. The van der Waals surface area contributed by atoms with Crippen molar-refractivity contribution >= 4 is 5.91 Å². The van der Waals surface area contributed by atoms with Gasteiger partial charge < -0.3 is 20.3 Å². The number of rotatable bonds is 6. The highest BCUT2D eigenvalue weighted by molar-refractivity contribution is 5.95. The van der Waals surface area contributed by atoms with E-state index >= 15 is 0 Å². The zero-order valence-electron chi connectivity index (χ0n) is 10.9. The summed E-state index contributed by atoms with van der Waals surface area (Å²) in [6.45, 7) is 0.964. The highest BCUT2D eigenvalue weighted by atomic mass is 19.1. The van der Waals surface area contributed by atoms with Crippen molar-refractivity contribution in [2.45, 2.75) is 18.9 Å². The highest BCUT2D eigenvalue weighted by Gasteiger charge is 2.29. The summed E-state index contributed by atoms with van der Waals surface area (Å²) in [6, 6.07) is 3.70. The lowest BCUT2D eigenvalue weighted by Crippen LogP contribution is -2.53. The molecule has 1 aromatic carbocycles. The van der Waals surface area contributed by atoms with Gasteiger partial charge in [-0.25, -0.2) is 4.39 Å². The fraction of sp³-hybridized carbons (Fsp3) is 0.462. The summed E-state index contributed by atoms with van der Waals surface area (Å²) in [5.74, 6) is -1.11. The molecule has 0 spiro atoms. The maximum atomic E-state index is 13.2. The van der Waals surface area contributed by atoms with E-state index in [1.54, 1.807) is 6.92 Å². The topological polar surface area (TPSA) is 78.8 Å². The van der Waals surface area contributed by atoms with Gasteiger partial charge in [0.2, 0.25) is 0 Å². The molecule has 1 aromatic rings. The number of carbonyl (C=O) groups excluding carboxylic acids is 1. The predicted octanol–water partition coefficient (Wildman–Crippen LogP) is 0.698. The van der Waals surface area contributed by atoms with E-state index in [-0.39, 0.29) is 24.5 Å². The molecule has 0 heterocycles. The molecule has 0 saturated carbocycles. The van der Waals surface area contributed by atoms with Crippen LogP contribution in [0, 0.1) is 5.82 Å². The summed E-state index contributed by atoms with van der Waals surface area (Å²) in [6.07, 6.45) is 0.365. The van der Waals surface area contributed by atoms with Crippen LogP contribution in [0.5, 0.6) is 5.75 Å². The maximum Gasteiger partial charge on any atom is 0.252 e. The minimum Gasteiger partial charge on any atom is -0.494 e. The minimum atomic E-state index is -1.08. The van der Waals surface area contributed by atoms with Gasteiger partial charge in [0.05, 0.1) is 25.9 Å². The third-order valence-corrected chi connectivity index (χ3v) is 3.07. The Balaban J connectivity index is 2.94. The van der Waals surface area contributed by atoms with E-state index in [0.29, 0.717) is 6.42 Å². The number of carbonyl (C=O) groups is 1. The van der Waals surface area contributed by atoms with Crippen LogP contribution in [0.3, 0.4) is 0 Å². The van der Waals surface area contributed by atoms with E-state index in [1.807, 2.05) is 0 Å². The number of ether oxygens (including phenoxy) is 1. The van der Waals surface area contributed by atoms with Gasteiger partial charge in [-0.05, 0) is 24.6 Å². The van der Waals surface area contributed by atoms with Crippen LogP contribution in [0.1, 0.15) is 23.7 Å². The van der Waals surface area contributed by atoms with Crippen LogP contribution in [0.4, 0.5) is 4.39 Å². The van der Waals surface area contributed by atoms with E-state index in [0.717, 1.165) is 6.07 Å². The van der Waals surface area contributed by atoms with Crippen LogP contribution >= 0.6 is 0 Å². The lowest BCUT2D eigenvalue weighted by atomic mass is 9.98. The number of aliphatic hydroxyl groups is 2. The number of benzene rings is 1. The monoisotopic (exact) mass is 271 g/mol. The molecule has 0 unspecified atom stereocenters. The van der Waals surface area contributed by atoms with Gasteiger partial charge in [0.1, 0.15) is 0 Å². The molecule has 106 valence electrons. The van der Waals surface area contributed by atoms with Crippen molar-refractivity contribution in [2.75, 3.05) is 20.3 Å². The lowest BCUT2D eigenvalue weighted by Gasteiger charge is -2.29. The van der Waals surface area contributed by atoms with Crippen LogP contribution in [-0.4, -0.2) is 42.0 Å². The molecule has 1 rings (SSSR count). The molecule has 0 aliphatic carbocycles. The summed E-state index contributed by atoms with van der Waals surface area (Å²) >= 11 is 0. The minimum absolute atomic E-state index is 0.0391. The molecular weight excluding hydrogens is 253 g/mol. The van der Waals surface area contributed by atoms with E-state index in [1.165, 1.54) is 19.2 Å². The first-order chi connectivity index (χ1) is 9.01. The van der Waals surface area contributed by atoms with E-state index < -0.39 is 17.3 Å². The second kappa shape index (κ2) is 6.49. The van der Waals surface area contributed by atoms with Crippen LogP contribution < -0.4 is 10.1 Å². The first kappa shape index (κ1) is 15.4. The van der Waals surface area contributed by atoms with Crippen LogP contribution in [-0.2, 0) is 0 Å². The van der Waals surface area contributed by atoms with Crippen LogP contribution in [0.2, 0.25) is 0 Å². The second-order valence-corrected chi connectivity index (χ2v) is 4.25. The van der Waals surface area contributed by atoms with Gasteiger partial charge >= 0.3 is 0 Å². The van der Waals surface area contributed by atoms with Crippen molar-refractivity contribution in [3.63, 3.8) is 0 Å². The summed E-state index contributed by atoms with van der Waals surface area (Å²) in [4.78, 5) is 12.0. The zero-order valence-corrected chi connectivity index (χ0v) is 10.9. The molecule has 19 heavy (non-hydrogen) atoms. The number of amides is 1. The van der Waals surface area contributed by atoms with Gasteiger partial charge in [-0.3, -0.25) is 4.79 Å². The van der Waals surface area contributed by atoms with Gasteiger partial charge in [0.25, 0.3) is 5.91 Å². The van der Waals surface area contributed by atoms with Crippen molar-refractivity contribution in [2.24, 2.45) is 0 Å². The summed E-state index contributed by atoms with van der Waals surface area (Å²) < 4.78 is 18.0. The zero-order chi connectivity index (χ0) is 14.5. The Kier molecular flexibility index (Phi) is 5.26. The quantitative estimate of drug-likeness (QED) is 0.711. The SMILES string of the molecule is CCC(CO)(CO)NC(=O)c1ccc(F)c(OC)c1. The van der Waals surface area contributed by atoms with Crippen LogP contribution in [0.15, 0.2) is 18.2 Å². The van der Waals surface area contributed by atoms with E-state index in [2.05, 4.69) is 5.32 Å². The second-order valence-electron chi connectivity index (χ2n) is 4.25. The maximum absolute atomic E-state index is 13.2. The van der Waals surface area contributed by atoms with E-state index in [9.17, 15) is 19.4 Å². The smallest absolute Gasteiger partial charge is 0.252 e. The van der Waals surface area contributed by atoms with Gasteiger partial charge in [0, 0.05) is 5.56 Å². The third kappa shape index (κ3) is 3.42. The molecule has 0 atom stereocenters. The molecule has 0 aliphatic heterocycles. The molecule has 6 heteroatoms. The number of hydrogen-bond acceptors (Lipinski definition) is 4. The van der Waals surface area contributed by atoms with Gasteiger partial charge in [0.15, 0.2) is 11.6 Å². The predicted molar refractivity (Wildman–Crippen MR) is 67.6 cm³/mol. The molecule has 0 saturated heterocycles. The Morgan fingerprint density at radius 2 is 2.05 bits per heavy atom. The first-order valence-corrected chi connectivity index (χ1v) is 5.89. The van der Waals surface area contributed by atoms with Crippen molar-refractivity contribution < 1.29 is 24.1 Å². The van der Waals surface area contributed by atoms with Crippen molar-refractivity contribution in [3.05, 3.63) is 29.6 Å². The highest BCUT2D eigenvalue weighted by Crippen LogP contribution is 2.19. The fourth-order valence-electron chi connectivity index (χ4n) is 1.56. The molecule has 0 bridgehead atoms. The Labute approximate surface area is 111 Å². The normalized spacial score (nSPS) is 11.2. The number of hydrogen-bond donors (Lipinski definition) is 3. The Hall–Kier alpha value is -1.66. The van der Waals surface area contributed by atoms with E-state index in [4.69, 9.17) is 4.74 Å².